The second-order valence-corrected chi connectivity index (χ2v) is 4.74. The van der Waals surface area contributed by atoms with Crippen molar-refractivity contribution in [1.29, 1.82) is 0 Å². The summed E-state index contributed by atoms with van der Waals surface area (Å²) in [4.78, 5) is 16.2. The van der Waals surface area contributed by atoms with Crippen LogP contribution in [0.4, 0.5) is 11.4 Å². The van der Waals surface area contributed by atoms with Gasteiger partial charge in [-0.3, -0.25) is 9.78 Å². The van der Waals surface area contributed by atoms with Gasteiger partial charge in [-0.2, -0.15) is 0 Å². The molecule has 2 rings (SSSR count). The molecule has 5 heteroatoms. The van der Waals surface area contributed by atoms with Crippen LogP contribution in [0.25, 0.3) is 0 Å². The van der Waals surface area contributed by atoms with Crippen LogP contribution in [-0.2, 0) is 0 Å². The summed E-state index contributed by atoms with van der Waals surface area (Å²) in [5, 5.41) is 2.79. The molecule has 18 heavy (non-hydrogen) atoms. The number of rotatable bonds is 2. The molecule has 0 saturated heterocycles. The number of aromatic nitrogens is 1. The highest BCUT2D eigenvalue weighted by Crippen LogP contribution is 2.20. The fraction of sp³-hybridized carbons (Fsp3) is 0.0769. The molecule has 0 spiro atoms. The Labute approximate surface area is 113 Å². The number of hydrogen-bond acceptors (Lipinski definition) is 3. The maximum Gasteiger partial charge on any atom is 0.257 e. The molecule has 1 aromatic heterocycles. The standard InChI is InChI=1S/C13H12BrN3O/c1-8-12(3-2-6-16-8)17-13(18)10-7-9(14)4-5-11(10)15/h2-7H,15H2,1H3,(H,17,18). The Morgan fingerprint density at radius 3 is 2.89 bits per heavy atom. The molecule has 2 aromatic rings. The average Bonchev–Trinajstić information content (AvgIpc) is 2.35. The second-order valence-electron chi connectivity index (χ2n) is 3.82. The lowest BCUT2D eigenvalue weighted by atomic mass is 10.1. The minimum atomic E-state index is -0.245. The lowest BCUT2D eigenvalue weighted by molar-refractivity contribution is 0.102. The number of nitrogens with two attached hydrogens (primary N) is 1. The Morgan fingerprint density at radius 1 is 1.39 bits per heavy atom. The smallest absolute Gasteiger partial charge is 0.257 e. The van der Waals surface area contributed by atoms with Gasteiger partial charge in [0.25, 0.3) is 5.91 Å². The van der Waals surface area contributed by atoms with E-state index in [4.69, 9.17) is 5.73 Å². The average molecular weight is 306 g/mol. The quantitative estimate of drug-likeness (QED) is 0.838. The number of anilines is 2. The fourth-order valence-electron chi connectivity index (χ4n) is 1.53. The van der Waals surface area contributed by atoms with Crippen LogP contribution in [-0.4, -0.2) is 10.9 Å². The summed E-state index contributed by atoms with van der Waals surface area (Å²) in [6.45, 7) is 1.83. The van der Waals surface area contributed by atoms with E-state index in [-0.39, 0.29) is 5.91 Å². The van der Waals surface area contributed by atoms with Gasteiger partial charge in [0, 0.05) is 16.4 Å². The van der Waals surface area contributed by atoms with Crippen molar-refractivity contribution in [2.24, 2.45) is 0 Å². The van der Waals surface area contributed by atoms with Crippen molar-refractivity contribution in [3.8, 4) is 0 Å². The first kappa shape index (κ1) is 12.6. The Hall–Kier alpha value is -1.88. The fourth-order valence-corrected chi connectivity index (χ4v) is 1.89. The maximum atomic E-state index is 12.1. The van der Waals surface area contributed by atoms with E-state index in [1.807, 2.05) is 6.92 Å². The number of halogens is 1. The first-order valence-electron chi connectivity index (χ1n) is 5.36. The number of hydrogen-bond donors (Lipinski definition) is 2. The summed E-state index contributed by atoms with van der Waals surface area (Å²) >= 11 is 3.32. The van der Waals surface area contributed by atoms with Gasteiger partial charge in [-0.1, -0.05) is 15.9 Å². The highest BCUT2D eigenvalue weighted by molar-refractivity contribution is 9.10. The van der Waals surface area contributed by atoms with Gasteiger partial charge in [-0.25, -0.2) is 0 Å². The molecule has 0 unspecified atom stereocenters. The van der Waals surface area contributed by atoms with Gasteiger partial charge in [-0.15, -0.1) is 0 Å². The molecule has 1 amide bonds. The largest absolute Gasteiger partial charge is 0.398 e. The number of nitrogens with one attached hydrogen (secondary N) is 1. The van der Waals surface area contributed by atoms with Crippen LogP contribution in [0.3, 0.4) is 0 Å². The van der Waals surface area contributed by atoms with E-state index in [0.717, 1.165) is 10.2 Å². The van der Waals surface area contributed by atoms with Crippen LogP contribution in [0.2, 0.25) is 0 Å². The number of pyridine rings is 1. The summed E-state index contributed by atoms with van der Waals surface area (Å²) in [6, 6.07) is 8.74. The number of aryl methyl sites for hydroxylation is 1. The summed E-state index contributed by atoms with van der Waals surface area (Å²) in [7, 11) is 0. The third-order valence-electron chi connectivity index (χ3n) is 2.52. The number of carbonyl (C=O) groups excluding carboxylic acids is 1. The molecule has 0 atom stereocenters. The first-order chi connectivity index (χ1) is 8.58. The van der Waals surface area contributed by atoms with E-state index in [2.05, 4.69) is 26.2 Å². The minimum Gasteiger partial charge on any atom is -0.398 e. The zero-order valence-electron chi connectivity index (χ0n) is 9.77. The SMILES string of the molecule is Cc1ncccc1NC(=O)c1cc(Br)ccc1N. The van der Waals surface area contributed by atoms with E-state index in [9.17, 15) is 4.79 Å². The minimum absolute atomic E-state index is 0.245. The van der Waals surface area contributed by atoms with E-state index in [0.29, 0.717) is 16.9 Å². The zero-order chi connectivity index (χ0) is 13.1. The number of carbonyl (C=O) groups is 1. The molecule has 1 heterocycles. The van der Waals surface area contributed by atoms with Gasteiger partial charge in [0.1, 0.15) is 0 Å². The van der Waals surface area contributed by atoms with Gasteiger partial charge in [0.15, 0.2) is 0 Å². The summed E-state index contributed by atoms with van der Waals surface area (Å²) < 4.78 is 0.810. The molecular weight excluding hydrogens is 294 g/mol. The summed E-state index contributed by atoms with van der Waals surface area (Å²) in [5.74, 6) is -0.245. The molecule has 0 saturated carbocycles. The Bertz CT molecular complexity index is 599. The Kier molecular flexibility index (Phi) is 3.62. The second kappa shape index (κ2) is 5.18. The molecule has 0 aliphatic rings. The molecule has 0 aliphatic heterocycles. The van der Waals surface area contributed by atoms with Crippen molar-refractivity contribution in [3.05, 3.63) is 52.3 Å². The molecule has 0 radical (unpaired) electrons. The molecule has 3 N–H and O–H groups in total. The zero-order valence-corrected chi connectivity index (χ0v) is 11.4. The van der Waals surface area contributed by atoms with Gasteiger partial charge in [0.2, 0.25) is 0 Å². The third-order valence-corrected chi connectivity index (χ3v) is 3.01. The van der Waals surface area contributed by atoms with E-state index in [1.165, 1.54) is 0 Å². The van der Waals surface area contributed by atoms with Crippen molar-refractivity contribution in [2.75, 3.05) is 11.1 Å². The number of amides is 1. The number of nitrogens with zero attached hydrogens (tertiary/aromatic N) is 1. The summed E-state index contributed by atoms with van der Waals surface area (Å²) in [6.07, 6.45) is 1.68. The topological polar surface area (TPSA) is 68.0 Å². The van der Waals surface area contributed by atoms with Crippen molar-refractivity contribution >= 4 is 33.2 Å². The molecular formula is C13H12BrN3O. The van der Waals surface area contributed by atoms with Crippen molar-refractivity contribution < 1.29 is 4.79 Å². The van der Waals surface area contributed by atoms with Crippen molar-refractivity contribution in [3.63, 3.8) is 0 Å². The summed E-state index contributed by atoms with van der Waals surface area (Å²) in [5.41, 5.74) is 8.11. The van der Waals surface area contributed by atoms with Crippen molar-refractivity contribution in [1.82, 2.24) is 4.98 Å². The molecule has 92 valence electrons. The van der Waals surface area contributed by atoms with E-state index < -0.39 is 0 Å². The third kappa shape index (κ3) is 2.68. The van der Waals surface area contributed by atoms with Gasteiger partial charge >= 0.3 is 0 Å². The molecule has 1 aromatic carbocycles. The highest BCUT2D eigenvalue weighted by atomic mass is 79.9. The predicted octanol–water partition coefficient (Wildman–Crippen LogP) is 2.99. The monoisotopic (exact) mass is 305 g/mol. The maximum absolute atomic E-state index is 12.1. The molecule has 0 bridgehead atoms. The molecule has 4 nitrogen and oxygen atoms in total. The predicted molar refractivity (Wildman–Crippen MR) is 75.5 cm³/mol. The Morgan fingerprint density at radius 2 is 2.17 bits per heavy atom. The van der Waals surface area contributed by atoms with Gasteiger partial charge in [0.05, 0.1) is 16.9 Å². The van der Waals surface area contributed by atoms with E-state index in [1.54, 1.807) is 36.5 Å². The van der Waals surface area contributed by atoms with Crippen LogP contribution < -0.4 is 11.1 Å². The van der Waals surface area contributed by atoms with Crippen LogP contribution >= 0.6 is 15.9 Å². The lowest BCUT2D eigenvalue weighted by Gasteiger charge is -2.09. The van der Waals surface area contributed by atoms with Crippen molar-refractivity contribution in [2.45, 2.75) is 6.92 Å². The lowest BCUT2D eigenvalue weighted by Crippen LogP contribution is -2.15. The van der Waals surface area contributed by atoms with Crippen LogP contribution in [0, 0.1) is 6.92 Å². The van der Waals surface area contributed by atoms with E-state index >= 15 is 0 Å². The van der Waals surface area contributed by atoms with Crippen LogP contribution in [0.1, 0.15) is 16.1 Å². The van der Waals surface area contributed by atoms with Crippen LogP contribution in [0.15, 0.2) is 41.0 Å². The normalized spacial score (nSPS) is 10.1. The van der Waals surface area contributed by atoms with Gasteiger partial charge in [-0.05, 0) is 37.3 Å². The van der Waals surface area contributed by atoms with Crippen LogP contribution in [0.5, 0.6) is 0 Å². The highest BCUT2D eigenvalue weighted by Gasteiger charge is 2.11. The van der Waals surface area contributed by atoms with Gasteiger partial charge < -0.3 is 11.1 Å². The first-order valence-corrected chi connectivity index (χ1v) is 6.15. The number of benzene rings is 1. The molecule has 0 aliphatic carbocycles. The number of nitrogen functional groups attached to an aromatic ring is 1. The Balaban J connectivity index is 2.28. The molecule has 0 fully saturated rings.